The van der Waals surface area contributed by atoms with E-state index in [1.54, 1.807) is 0 Å². The van der Waals surface area contributed by atoms with Crippen LogP contribution in [0, 0.1) is 29.6 Å². The van der Waals surface area contributed by atoms with E-state index in [1.807, 2.05) is 63.2 Å². The lowest BCUT2D eigenvalue weighted by molar-refractivity contribution is 1.13. The van der Waals surface area contributed by atoms with Gasteiger partial charge in [0, 0.05) is 25.3 Å². The minimum absolute atomic E-state index is 0.167. The lowest BCUT2D eigenvalue weighted by Gasteiger charge is -2.13. The fraction of sp³-hybridized carbons (Fsp3) is 0.190. The summed E-state index contributed by atoms with van der Waals surface area (Å²) in [6.45, 7) is 3.76. The number of fused-ring (bicyclic) bond motifs is 1. The Morgan fingerprint density at radius 3 is 2.27 bits per heavy atom. The van der Waals surface area contributed by atoms with Gasteiger partial charge in [0.15, 0.2) is 0 Å². The molecule has 3 rings (SSSR count). The quantitative estimate of drug-likeness (QED) is 0.898. The minimum Gasteiger partial charge on any atom is -0.383 e. The molecule has 128 valence electrons. The van der Waals surface area contributed by atoms with E-state index in [1.165, 1.54) is 0 Å². The number of rotatable bonds is 2. The first kappa shape index (κ1) is 17.3. The molecule has 0 radical (unpaired) electrons. The van der Waals surface area contributed by atoms with E-state index in [4.69, 9.17) is 5.73 Å². The van der Waals surface area contributed by atoms with Gasteiger partial charge in [0.05, 0.1) is 16.8 Å². The van der Waals surface area contributed by atoms with Crippen LogP contribution in [-0.2, 0) is 0 Å². The molecule has 5 nitrogen and oxygen atoms in total. The third-order valence-electron chi connectivity index (χ3n) is 4.70. The number of allylic oxidation sites excluding steroid dienone is 3. The lowest BCUT2D eigenvalue weighted by Crippen LogP contribution is -2.07. The SMILES string of the molecule is CC1=C(C#N)c2nc(N)c(C#N)c(C)c2C1=Cc1ccc(N(C)C)cc1. The molecule has 0 bridgehead atoms. The van der Waals surface area contributed by atoms with E-state index in [0.29, 0.717) is 16.8 Å². The summed E-state index contributed by atoms with van der Waals surface area (Å²) in [5.74, 6) is 0.167. The van der Waals surface area contributed by atoms with Crippen LogP contribution in [0.3, 0.4) is 0 Å². The zero-order chi connectivity index (χ0) is 19.0. The highest BCUT2D eigenvalue weighted by atomic mass is 15.1. The molecule has 0 saturated heterocycles. The topological polar surface area (TPSA) is 89.7 Å². The van der Waals surface area contributed by atoms with E-state index in [-0.39, 0.29) is 5.82 Å². The van der Waals surface area contributed by atoms with Gasteiger partial charge in [-0.25, -0.2) is 4.98 Å². The molecule has 0 atom stereocenters. The Labute approximate surface area is 153 Å². The highest BCUT2D eigenvalue weighted by Gasteiger charge is 2.29. The van der Waals surface area contributed by atoms with E-state index < -0.39 is 0 Å². The van der Waals surface area contributed by atoms with Crippen LogP contribution in [0.15, 0.2) is 29.8 Å². The Hall–Kier alpha value is -3.57. The van der Waals surface area contributed by atoms with Crippen molar-refractivity contribution in [2.24, 2.45) is 0 Å². The summed E-state index contributed by atoms with van der Waals surface area (Å²) in [4.78, 5) is 6.38. The van der Waals surface area contributed by atoms with Gasteiger partial charge in [-0.1, -0.05) is 12.1 Å². The smallest absolute Gasteiger partial charge is 0.142 e. The van der Waals surface area contributed by atoms with Crippen LogP contribution in [0.1, 0.15) is 34.9 Å². The summed E-state index contributed by atoms with van der Waals surface area (Å²) in [7, 11) is 3.99. The maximum atomic E-state index is 9.59. The van der Waals surface area contributed by atoms with E-state index in [9.17, 15) is 10.5 Å². The Balaban J connectivity index is 2.23. The van der Waals surface area contributed by atoms with Gasteiger partial charge in [-0.15, -0.1) is 0 Å². The van der Waals surface area contributed by atoms with Crippen molar-refractivity contribution in [2.75, 3.05) is 24.7 Å². The molecule has 0 unspecified atom stereocenters. The number of hydrogen-bond donors (Lipinski definition) is 1. The Bertz CT molecular complexity index is 1040. The summed E-state index contributed by atoms with van der Waals surface area (Å²) in [5, 5.41) is 19.0. The van der Waals surface area contributed by atoms with Gasteiger partial charge < -0.3 is 10.6 Å². The average Bonchev–Trinajstić information content (AvgIpc) is 2.87. The van der Waals surface area contributed by atoms with Crippen LogP contribution < -0.4 is 10.6 Å². The molecule has 1 aliphatic carbocycles. The van der Waals surface area contributed by atoms with E-state index >= 15 is 0 Å². The highest BCUT2D eigenvalue weighted by molar-refractivity contribution is 6.08. The number of benzene rings is 1. The van der Waals surface area contributed by atoms with E-state index in [2.05, 4.69) is 17.1 Å². The maximum absolute atomic E-state index is 9.59. The van der Waals surface area contributed by atoms with Gasteiger partial charge in [0.25, 0.3) is 0 Å². The average molecular weight is 341 g/mol. The third kappa shape index (κ3) is 2.60. The zero-order valence-corrected chi connectivity index (χ0v) is 15.3. The molecule has 0 amide bonds. The fourth-order valence-corrected chi connectivity index (χ4v) is 3.23. The molecule has 1 heterocycles. The molecular weight excluding hydrogens is 322 g/mol. The van der Waals surface area contributed by atoms with Crippen LogP contribution in [0.4, 0.5) is 11.5 Å². The summed E-state index contributed by atoms with van der Waals surface area (Å²) in [6.07, 6.45) is 2.03. The molecule has 1 aromatic carbocycles. The number of nitrogens with two attached hydrogens (primary N) is 1. The predicted molar refractivity (Wildman–Crippen MR) is 105 cm³/mol. The molecule has 0 fully saturated rings. The Kier molecular flexibility index (Phi) is 4.24. The van der Waals surface area contributed by atoms with Crippen molar-refractivity contribution in [3.63, 3.8) is 0 Å². The predicted octanol–water partition coefficient (Wildman–Crippen LogP) is 3.76. The molecule has 2 aromatic rings. The molecule has 0 spiro atoms. The van der Waals surface area contributed by atoms with Crippen molar-refractivity contribution in [2.45, 2.75) is 13.8 Å². The van der Waals surface area contributed by atoms with Gasteiger partial charge in [-0.2, -0.15) is 10.5 Å². The van der Waals surface area contributed by atoms with Crippen LogP contribution in [0.2, 0.25) is 0 Å². The first-order chi connectivity index (χ1) is 12.4. The number of pyridine rings is 1. The molecular formula is C21H19N5. The van der Waals surface area contributed by atoms with Crippen molar-refractivity contribution in [1.29, 1.82) is 10.5 Å². The number of anilines is 2. The van der Waals surface area contributed by atoms with Crippen molar-refractivity contribution in [3.05, 3.63) is 57.8 Å². The van der Waals surface area contributed by atoms with Crippen molar-refractivity contribution in [3.8, 4) is 12.1 Å². The lowest BCUT2D eigenvalue weighted by atomic mass is 9.95. The van der Waals surface area contributed by atoms with Crippen molar-refractivity contribution >= 4 is 28.7 Å². The standard InChI is InChI=1S/C21H19N5/c1-12-16(9-14-5-7-15(8-6-14)26(3)4)19-13(2)18(11-23)21(24)25-20(19)17(12)10-22/h5-9H,1-4H3,(H2,24,25). The van der Waals surface area contributed by atoms with Gasteiger partial charge in [0.1, 0.15) is 18.0 Å². The highest BCUT2D eigenvalue weighted by Crippen LogP contribution is 2.44. The molecule has 26 heavy (non-hydrogen) atoms. The molecule has 1 aromatic heterocycles. The first-order valence-electron chi connectivity index (χ1n) is 8.20. The largest absolute Gasteiger partial charge is 0.383 e. The summed E-state index contributed by atoms with van der Waals surface area (Å²) >= 11 is 0. The maximum Gasteiger partial charge on any atom is 0.142 e. The van der Waals surface area contributed by atoms with Crippen molar-refractivity contribution < 1.29 is 0 Å². The second-order valence-electron chi connectivity index (χ2n) is 6.49. The number of aromatic nitrogens is 1. The van der Waals surface area contributed by atoms with Crippen LogP contribution in [-0.4, -0.2) is 19.1 Å². The summed E-state index contributed by atoms with van der Waals surface area (Å²) < 4.78 is 0. The summed E-state index contributed by atoms with van der Waals surface area (Å²) in [5.41, 5.74) is 12.8. The molecule has 0 saturated carbocycles. The number of nitrogen functional groups attached to an aromatic ring is 1. The van der Waals surface area contributed by atoms with Gasteiger partial charge in [-0.05, 0) is 54.3 Å². The van der Waals surface area contributed by atoms with Gasteiger partial charge >= 0.3 is 0 Å². The fourth-order valence-electron chi connectivity index (χ4n) is 3.23. The molecule has 0 aliphatic heterocycles. The van der Waals surface area contributed by atoms with Gasteiger partial charge in [-0.3, -0.25) is 0 Å². The summed E-state index contributed by atoms with van der Waals surface area (Å²) in [6, 6.07) is 12.5. The normalized spacial score (nSPS) is 14.2. The van der Waals surface area contributed by atoms with Gasteiger partial charge in [0.2, 0.25) is 0 Å². The Morgan fingerprint density at radius 1 is 1.08 bits per heavy atom. The zero-order valence-electron chi connectivity index (χ0n) is 15.3. The molecule has 1 aliphatic rings. The molecule has 2 N–H and O–H groups in total. The first-order valence-corrected chi connectivity index (χ1v) is 8.20. The third-order valence-corrected chi connectivity index (χ3v) is 4.70. The van der Waals surface area contributed by atoms with Crippen molar-refractivity contribution in [1.82, 2.24) is 4.98 Å². The minimum atomic E-state index is 0.167. The molecule has 5 heteroatoms. The van der Waals surface area contributed by atoms with Crippen LogP contribution >= 0.6 is 0 Å². The van der Waals surface area contributed by atoms with Crippen LogP contribution in [0.5, 0.6) is 0 Å². The number of nitrogens with zero attached hydrogens (tertiary/aromatic N) is 4. The number of nitriles is 2. The second kappa shape index (κ2) is 6.38. The monoisotopic (exact) mass is 341 g/mol. The number of hydrogen-bond acceptors (Lipinski definition) is 5. The van der Waals surface area contributed by atoms with E-state index in [0.717, 1.165) is 33.5 Å². The second-order valence-corrected chi connectivity index (χ2v) is 6.49. The van der Waals surface area contributed by atoms with Crippen LogP contribution in [0.25, 0.3) is 17.2 Å². The Morgan fingerprint density at radius 2 is 1.73 bits per heavy atom.